The van der Waals surface area contributed by atoms with Gasteiger partial charge in [-0.05, 0) is 37.6 Å². The molecule has 3 heterocycles. The Labute approximate surface area is 168 Å². The lowest BCUT2D eigenvalue weighted by molar-refractivity contribution is 0.0948. The van der Waals surface area contributed by atoms with Crippen molar-refractivity contribution in [2.45, 2.75) is 39.9 Å². The molecule has 1 aromatic carbocycles. The van der Waals surface area contributed by atoms with E-state index in [1.165, 1.54) is 6.07 Å². The van der Waals surface area contributed by atoms with Gasteiger partial charge in [0.15, 0.2) is 5.82 Å². The Hall–Kier alpha value is -3.00. The smallest absolute Gasteiger partial charge is 0.255 e. The fraction of sp³-hybridized carbons (Fsp3) is 0.381. The Morgan fingerprint density at radius 1 is 1.21 bits per heavy atom. The molecule has 0 aliphatic carbocycles. The number of hydrogen-bond donors (Lipinski definition) is 1. The molecule has 0 saturated carbocycles. The lowest BCUT2D eigenvalue weighted by atomic mass is 10.2. The van der Waals surface area contributed by atoms with Crippen LogP contribution in [0.3, 0.4) is 0 Å². The summed E-state index contributed by atoms with van der Waals surface area (Å²) in [6.07, 6.45) is 0.760. The van der Waals surface area contributed by atoms with Crippen LogP contribution < -0.4 is 5.32 Å². The van der Waals surface area contributed by atoms with Gasteiger partial charge in [-0.3, -0.25) is 9.69 Å². The molecule has 3 aromatic rings. The Bertz CT molecular complexity index is 1030. The van der Waals surface area contributed by atoms with Crippen molar-refractivity contribution in [3.63, 3.8) is 0 Å². The number of fused-ring (bicyclic) bond motifs is 1. The second kappa shape index (κ2) is 8.16. The van der Waals surface area contributed by atoms with Crippen molar-refractivity contribution >= 4 is 5.91 Å². The number of rotatable bonds is 5. The minimum atomic E-state index is -0.212. The Balaban J connectivity index is 1.38. The van der Waals surface area contributed by atoms with E-state index in [0.717, 1.165) is 43.3 Å². The summed E-state index contributed by atoms with van der Waals surface area (Å²) in [6.45, 7) is 6.96. The number of nitrogens with zero attached hydrogens (tertiary/aromatic N) is 4. The van der Waals surface area contributed by atoms with Crippen molar-refractivity contribution in [3.8, 4) is 0 Å². The first kappa shape index (κ1) is 19.3. The summed E-state index contributed by atoms with van der Waals surface area (Å²) in [6, 6.07) is 8.45. The number of aromatic nitrogens is 3. The first-order valence-corrected chi connectivity index (χ1v) is 9.72. The zero-order valence-corrected chi connectivity index (χ0v) is 16.6. The third kappa shape index (κ3) is 4.37. The average molecular weight is 397 g/mol. The van der Waals surface area contributed by atoms with Crippen LogP contribution in [0.4, 0.5) is 4.39 Å². The van der Waals surface area contributed by atoms with E-state index in [2.05, 4.69) is 25.0 Å². The van der Waals surface area contributed by atoms with Crippen molar-refractivity contribution in [2.75, 3.05) is 13.1 Å². The van der Waals surface area contributed by atoms with Gasteiger partial charge >= 0.3 is 0 Å². The molecule has 2 aromatic heterocycles. The minimum Gasteiger partial charge on any atom is -0.466 e. The molecule has 0 fully saturated rings. The standard InChI is InChI=1S/C21H24FN5O2/c1-14-10-18(15(2)29-14)21(28)23-12-20-25-24-19-6-7-26(8-9-27(19)20)13-16-4-3-5-17(22)11-16/h3-5,10-11H,6-9,12-13H2,1-2H3,(H,23,28). The summed E-state index contributed by atoms with van der Waals surface area (Å²) in [7, 11) is 0. The fourth-order valence-electron chi connectivity index (χ4n) is 3.72. The van der Waals surface area contributed by atoms with Gasteiger partial charge in [-0.25, -0.2) is 4.39 Å². The van der Waals surface area contributed by atoms with Crippen LogP contribution in [0.2, 0.25) is 0 Å². The van der Waals surface area contributed by atoms with Crippen molar-refractivity contribution < 1.29 is 13.6 Å². The Morgan fingerprint density at radius 2 is 2.07 bits per heavy atom. The predicted molar refractivity (Wildman–Crippen MR) is 105 cm³/mol. The maximum absolute atomic E-state index is 13.4. The third-order valence-corrected chi connectivity index (χ3v) is 5.18. The van der Waals surface area contributed by atoms with Gasteiger partial charge in [0.1, 0.15) is 23.2 Å². The number of carbonyl (C=O) groups is 1. The first-order chi connectivity index (χ1) is 14.0. The van der Waals surface area contributed by atoms with Crippen molar-refractivity contribution in [1.82, 2.24) is 25.0 Å². The van der Waals surface area contributed by atoms with Crippen LogP contribution >= 0.6 is 0 Å². The SMILES string of the molecule is Cc1cc(C(=O)NCc2nnc3n2CCN(Cc2cccc(F)c2)CC3)c(C)o1. The molecular formula is C21H24FN5O2. The number of carbonyl (C=O) groups excluding carboxylic acids is 1. The van der Waals surface area contributed by atoms with Gasteiger partial charge in [0.05, 0.1) is 12.1 Å². The van der Waals surface area contributed by atoms with E-state index in [1.807, 2.05) is 13.0 Å². The Kier molecular flexibility index (Phi) is 5.44. The molecule has 4 rings (SSSR count). The average Bonchev–Trinajstić information content (AvgIpc) is 3.17. The maximum atomic E-state index is 13.4. The summed E-state index contributed by atoms with van der Waals surface area (Å²) in [5.74, 6) is 2.56. The van der Waals surface area contributed by atoms with E-state index in [-0.39, 0.29) is 11.7 Å². The second-order valence-corrected chi connectivity index (χ2v) is 7.35. The number of benzene rings is 1. The normalized spacial score (nSPS) is 14.4. The molecule has 0 radical (unpaired) electrons. The number of halogens is 1. The molecule has 0 saturated heterocycles. The van der Waals surface area contributed by atoms with Gasteiger partial charge in [-0.1, -0.05) is 12.1 Å². The van der Waals surface area contributed by atoms with Crippen molar-refractivity contribution in [2.24, 2.45) is 0 Å². The van der Waals surface area contributed by atoms with Crippen molar-refractivity contribution in [3.05, 3.63) is 70.4 Å². The highest BCUT2D eigenvalue weighted by Gasteiger charge is 2.20. The fourth-order valence-corrected chi connectivity index (χ4v) is 3.72. The quantitative estimate of drug-likeness (QED) is 0.716. The highest BCUT2D eigenvalue weighted by molar-refractivity contribution is 5.95. The summed E-state index contributed by atoms with van der Waals surface area (Å²) in [5, 5.41) is 11.5. The van der Waals surface area contributed by atoms with Crippen LogP contribution in [-0.2, 0) is 26.1 Å². The molecule has 1 amide bonds. The van der Waals surface area contributed by atoms with Crippen LogP contribution in [-0.4, -0.2) is 38.7 Å². The van der Waals surface area contributed by atoms with Crippen LogP contribution in [0.1, 0.15) is 39.1 Å². The highest BCUT2D eigenvalue weighted by atomic mass is 19.1. The molecule has 0 bridgehead atoms. The molecule has 8 heteroatoms. The number of nitrogens with one attached hydrogen (secondary N) is 1. The highest BCUT2D eigenvalue weighted by Crippen LogP contribution is 2.15. The zero-order valence-electron chi connectivity index (χ0n) is 16.6. The second-order valence-electron chi connectivity index (χ2n) is 7.35. The molecular weight excluding hydrogens is 373 g/mol. The molecule has 7 nitrogen and oxygen atoms in total. The van der Waals surface area contributed by atoms with Gasteiger partial charge < -0.3 is 14.3 Å². The van der Waals surface area contributed by atoms with Crippen molar-refractivity contribution in [1.29, 1.82) is 0 Å². The number of amides is 1. The summed E-state index contributed by atoms with van der Waals surface area (Å²) in [4.78, 5) is 14.7. The topological polar surface area (TPSA) is 76.2 Å². The summed E-state index contributed by atoms with van der Waals surface area (Å²) < 4.78 is 20.9. The third-order valence-electron chi connectivity index (χ3n) is 5.18. The van der Waals surface area contributed by atoms with Gasteiger partial charge in [-0.2, -0.15) is 0 Å². The van der Waals surface area contributed by atoms with Crippen LogP contribution in [0.25, 0.3) is 0 Å². The van der Waals surface area contributed by atoms with E-state index < -0.39 is 0 Å². The van der Waals surface area contributed by atoms with Gasteiger partial charge in [0.2, 0.25) is 0 Å². The van der Waals surface area contributed by atoms with Crippen LogP contribution in [0.5, 0.6) is 0 Å². The molecule has 0 unspecified atom stereocenters. The van der Waals surface area contributed by atoms with E-state index in [1.54, 1.807) is 25.1 Å². The molecule has 1 aliphatic heterocycles. The lowest BCUT2D eigenvalue weighted by Crippen LogP contribution is -2.28. The van der Waals surface area contributed by atoms with Gasteiger partial charge in [-0.15, -0.1) is 10.2 Å². The maximum Gasteiger partial charge on any atom is 0.255 e. The van der Waals surface area contributed by atoms with E-state index in [9.17, 15) is 9.18 Å². The number of aryl methyl sites for hydroxylation is 2. The predicted octanol–water partition coefficient (Wildman–Crippen LogP) is 2.62. The first-order valence-electron chi connectivity index (χ1n) is 9.72. The van der Waals surface area contributed by atoms with Crippen LogP contribution in [0, 0.1) is 19.7 Å². The van der Waals surface area contributed by atoms with Gasteiger partial charge in [0, 0.05) is 32.6 Å². The van der Waals surface area contributed by atoms with Crippen LogP contribution in [0.15, 0.2) is 34.7 Å². The molecule has 1 aliphatic rings. The monoisotopic (exact) mass is 397 g/mol. The molecule has 29 heavy (non-hydrogen) atoms. The molecule has 0 spiro atoms. The van der Waals surface area contributed by atoms with E-state index in [0.29, 0.717) is 30.2 Å². The Morgan fingerprint density at radius 3 is 2.83 bits per heavy atom. The minimum absolute atomic E-state index is 0.182. The van der Waals surface area contributed by atoms with E-state index >= 15 is 0 Å². The molecule has 0 atom stereocenters. The molecule has 1 N–H and O–H groups in total. The lowest BCUT2D eigenvalue weighted by Gasteiger charge is -2.19. The summed E-state index contributed by atoms with van der Waals surface area (Å²) >= 11 is 0. The number of furan rings is 1. The van der Waals surface area contributed by atoms with Gasteiger partial charge in [0.25, 0.3) is 5.91 Å². The van der Waals surface area contributed by atoms with E-state index in [4.69, 9.17) is 4.42 Å². The largest absolute Gasteiger partial charge is 0.466 e. The molecule has 152 valence electrons. The summed E-state index contributed by atoms with van der Waals surface area (Å²) in [5.41, 5.74) is 1.50. The zero-order chi connectivity index (χ0) is 20.4. The number of hydrogen-bond acceptors (Lipinski definition) is 5.